The number of nitrogens with one attached hydrogen (secondary N) is 1. The van der Waals surface area contributed by atoms with E-state index in [9.17, 15) is 9.59 Å². The predicted octanol–water partition coefficient (Wildman–Crippen LogP) is 0.936. The first-order chi connectivity index (χ1) is 10.6. The van der Waals surface area contributed by atoms with Crippen molar-refractivity contribution < 1.29 is 14.3 Å². The fourth-order valence-corrected chi connectivity index (χ4v) is 3.81. The van der Waals surface area contributed by atoms with Crippen molar-refractivity contribution in [3.63, 3.8) is 0 Å². The van der Waals surface area contributed by atoms with E-state index >= 15 is 0 Å². The van der Waals surface area contributed by atoms with Gasteiger partial charge in [-0.1, -0.05) is 0 Å². The lowest BCUT2D eigenvalue weighted by Crippen LogP contribution is -2.54. The highest BCUT2D eigenvalue weighted by atomic mass is 16.5. The van der Waals surface area contributed by atoms with Crippen molar-refractivity contribution >= 4 is 17.5 Å². The maximum Gasteiger partial charge on any atom is 0.262 e. The Hall–Kier alpha value is -2.08. The zero-order chi connectivity index (χ0) is 15.3. The van der Waals surface area contributed by atoms with Crippen molar-refractivity contribution in [1.82, 2.24) is 9.80 Å². The quantitative estimate of drug-likeness (QED) is 0.838. The normalized spacial score (nSPS) is 27.1. The van der Waals surface area contributed by atoms with Crippen LogP contribution in [0.25, 0.3) is 0 Å². The van der Waals surface area contributed by atoms with Crippen LogP contribution in [0.3, 0.4) is 0 Å². The van der Waals surface area contributed by atoms with Crippen LogP contribution in [0, 0.1) is 0 Å². The molecule has 0 spiro atoms. The van der Waals surface area contributed by atoms with E-state index in [1.54, 1.807) is 18.2 Å². The minimum absolute atomic E-state index is 0.0307. The highest BCUT2D eigenvalue weighted by Crippen LogP contribution is 2.33. The number of rotatable bonds is 1. The van der Waals surface area contributed by atoms with E-state index < -0.39 is 0 Å². The van der Waals surface area contributed by atoms with Gasteiger partial charge in [0.2, 0.25) is 0 Å². The lowest BCUT2D eigenvalue weighted by atomic mass is 10.1. The molecule has 6 heteroatoms. The van der Waals surface area contributed by atoms with E-state index in [-0.39, 0.29) is 18.4 Å². The van der Waals surface area contributed by atoms with Gasteiger partial charge >= 0.3 is 0 Å². The van der Waals surface area contributed by atoms with Crippen molar-refractivity contribution in [3.8, 4) is 5.75 Å². The number of carbonyl (C=O) groups excluding carboxylic acids is 2. The number of likely N-dealkylation sites (tertiary alicyclic amines) is 1. The summed E-state index contributed by atoms with van der Waals surface area (Å²) in [6.45, 7) is 1.91. The second kappa shape index (κ2) is 4.98. The molecule has 2 fully saturated rings. The number of amides is 2. The van der Waals surface area contributed by atoms with Gasteiger partial charge in [-0.05, 0) is 38.1 Å². The summed E-state index contributed by atoms with van der Waals surface area (Å²) in [6.07, 6.45) is 2.15. The number of piperazine rings is 1. The zero-order valence-electron chi connectivity index (χ0n) is 12.5. The Morgan fingerprint density at radius 1 is 1.27 bits per heavy atom. The molecule has 22 heavy (non-hydrogen) atoms. The van der Waals surface area contributed by atoms with E-state index in [2.05, 4.69) is 17.3 Å². The van der Waals surface area contributed by atoms with Gasteiger partial charge in [0, 0.05) is 30.7 Å². The molecule has 0 aromatic heterocycles. The lowest BCUT2D eigenvalue weighted by molar-refractivity contribution is -0.118. The van der Waals surface area contributed by atoms with Crippen molar-refractivity contribution in [2.75, 3.05) is 32.1 Å². The number of likely N-dealkylation sites (N-methyl/N-ethyl adjacent to an activating group) is 1. The van der Waals surface area contributed by atoms with Crippen LogP contribution in [0.1, 0.15) is 23.2 Å². The number of hydrogen-bond donors (Lipinski definition) is 1. The van der Waals surface area contributed by atoms with Crippen molar-refractivity contribution in [3.05, 3.63) is 23.8 Å². The second-order valence-corrected chi connectivity index (χ2v) is 6.37. The molecule has 1 aromatic rings. The van der Waals surface area contributed by atoms with Crippen LogP contribution in [0.15, 0.2) is 18.2 Å². The molecule has 1 aromatic carbocycles. The Kier molecular flexibility index (Phi) is 3.07. The Balaban J connectivity index is 1.61. The number of hydrogen-bond acceptors (Lipinski definition) is 4. The summed E-state index contributed by atoms with van der Waals surface area (Å²) in [5.41, 5.74) is 1.20. The molecular formula is C16H19N3O3. The molecule has 1 N–H and O–H groups in total. The number of fused-ring (bicyclic) bond motifs is 3. The first kappa shape index (κ1) is 13.6. The molecule has 4 rings (SSSR count). The monoisotopic (exact) mass is 301 g/mol. The number of nitrogens with zero attached hydrogens (tertiary/aromatic N) is 2. The molecule has 0 aliphatic carbocycles. The van der Waals surface area contributed by atoms with Gasteiger partial charge in [0.05, 0.1) is 5.69 Å². The number of anilines is 1. The van der Waals surface area contributed by atoms with Gasteiger partial charge in [-0.3, -0.25) is 9.59 Å². The fraction of sp³-hybridized carbons (Fsp3) is 0.500. The predicted molar refractivity (Wildman–Crippen MR) is 81.0 cm³/mol. The fourth-order valence-electron chi connectivity index (χ4n) is 3.81. The lowest BCUT2D eigenvalue weighted by Gasteiger charge is -2.39. The van der Waals surface area contributed by atoms with E-state index in [1.165, 1.54) is 0 Å². The average molecular weight is 301 g/mol. The van der Waals surface area contributed by atoms with Gasteiger partial charge in [0.1, 0.15) is 5.75 Å². The van der Waals surface area contributed by atoms with Gasteiger partial charge in [-0.15, -0.1) is 0 Å². The second-order valence-electron chi connectivity index (χ2n) is 6.37. The average Bonchev–Trinajstić information content (AvgIpc) is 2.77. The van der Waals surface area contributed by atoms with Gasteiger partial charge in [0.15, 0.2) is 6.61 Å². The summed E-state index contributed by atoms with van der Waals surface area (Å²) >= 11 is 0. The Bertz CT molecular complexity index is 632. The third-order valence-electron chi connectivity index (χ3n) is 4.76. The first-order valence-electron chi connectivity index (χ1n) is 7.70. The molecule has 2 bridgehead atoms. The molecular weight excluding hydrogens is 282 g/mol. The summed E-state index contributed by atoms with van der Waals surface area (Å²) in [7, 11) is 2.11. The molecule has 2 amide bonds. The molecule has 2 atom stereocenters. The van der Waals surface area contributed by atoms with Crippen LogP contribution >= 0.6 is 0 Å². The van der Waals surface area contributed by atoms with Crippen LogP contribution in [0.2, 0.25) is 0 Å². The largest absolute Gasteiger partial charge is 0.482 e. The Morgan fingerprint density at radius 2 is 2.00 bits per heavy atom. The van der Waals surface area contributed by atoms with Crippen LogP contribution < -0.4 is 10.1 Å². The molecule has 2 saturated heterocycles. The van der Waals surface area contributed by atoms with E-state index in [0.29, 0.717) is 29.1 Å². The summed E-state index contributed by atoms with van der Waals surface area (Å²) in [4.78, 5) is 28.6. The van der Waals surface area contributed by atoms with Crippen LogP contribution in [-0.4, -0.2) is 60.4 Å². The van der Waals surface area contributed by atoms with Crippen molar-refractivity contribution in [2.24, 2.45) is 0 Å². The Labute approximate surface area is 129 Å². The summed E-state index contributed by atoms with van der Waals surface area (Å²) < 4.78 is 5.34. The minimum Gasteiger partial charge on any atom is -0.482 e. The summed E-state index contributed by atoms with van der Waals surface area (Å²) in [5.74, 6) is 0.498. The molecule has 3 heterocycles. The number of ether oxygens (including phenoxy) is 1. The maximum absolute atomic E-state index is 12.9. The highest BCUT2D eigenvalue weighted by molar-refractivity contribution is 6.00. The topological polar surface area (TPSA) is 61.9 Å². The minimum atomic E-state index is -0.184. The summed E-state index contributed by atoms with van der Waals surface area (Å²) in [5, 5.41) is 2.76. The van der Waals surface area contributed by atoms with Gasteiger partial charge in [-0.2, -0.15) is 0 Å². The van der Waals surface area contributed by atoms with E-state index in [4.69, 9.17) is 4.74 Å². The molecule has 3 aliphatic rings. The van der Waals surface area contributed by atoms with Crippen molar-refractivity contribution in [2.45, 2.75) is 24.9 Å². The molecule has 0 saturated carbocycles. The summed E-state index contributed by atoms with van der Waals surface area (Å²) in [6, 6.07) is 5.89. The number of benzene rings is 1. The van der Waals surface area contributed by atoms with Crippen LogP contribution in [0.5, 0.6) is 5.75 Å². The highest BCUT2D eigenvalue weighted by Gasteiger charge is 2.41. The van der Waals surface area contributed by atoms with E-state index in [1.807, 2.05) is 4.90 Å². The van der Waals surface area contributed by atoms with Crippen LogP contribution in [0.4, 0.5) is 5.69 Å². The Morgan fingerprint density at radius 3 is 2.73 bits per heavy atom. The third kappa shape index (κ3) is 2.14. The third-order valence-corrected chi connectivity index (χ3v) is 4.76. The number of carbonyl (C=O) groups is 2. The van der Waals surface area contributed by atoms with E-state index in [0.717, 1.165) is 25.9 Å². The van der Waals surface area contributed by atoms with Crippen LogP contribution in [-0.2, 0) is 4.79 Å². The molecule has 116 valence electrons. The molecule has 3 aliphatic heterocycles. The SMILES string of the molecule is CN1CC2CCC(C1)N2C(=O)c1ccc2c(c1)NC(=O)CO2. The van der Waals surface area contributed by atoms with Gasteiger partial charge in [0.25, 0.3) is 11.8 Å². The molecule has 2 unspecified atom stereocenters. The first-order valence-corrected chi connectivity index (χ1v) is 7.70. The smallest absolute Gasteiger partial charge is 0.262 e. The zero-order valence-corrected chi connectivity index (χ0v) is 12.5. The van der Waals surface area contributed by atoms with Gasteiger partial charge < -0.3 is 19.9 Å². The molecule has 0 radical (unpaired) electrons. The maximum atomic E-state index is 12.9. The van der Waals surface area contributed by atoms with Gasteiger partial charge in [-0.25, -0.2) is 0 Å². The van der Waals surface area contributed by atoms with Crippen molar-refractivity contribution in [1.29, 1.82) is 0 Å². The standard InChI is InChI=1S/C16H19N3O3/c1-18-7-11-3-4-12(8-18)19(11)16(21)10-2-5-14-13(6-10)17-15(20)9-22-14/h2,5-6,11-12H,3-4,7-9H2,1H3,(H,17,20). The molecule has 6 nitrogen and oxygen atoms in total.